The van der Waals surface area contributed by atoms with Gasteiger partial charge >= 0.3 is 0 Å². The van der Waals surface area contributed by atoms with E-state index in [0.29, 0.717) is 11.5 Å². The third-order valence-electron chi connectivity index (χ3n) is 5.21. The third kappa shape index (κ3) is 7.88. The van der Waals surface area contributed by atoms with Crippen molar-refractivity contribution in [2.45, 2.75) is 45.8 Å². The Morgan fingerprint density at radius 2 is 1.60 bits per heavy atom. The Kier molecular flexibility index (Phi) is 9.14. The largest absolute Gasteiger partial charge is 0.497 e. The summed E-state index contributed by atoms with van der Waals surface area (Å²) in [5, 5.41) is 2.89. The number of hydrogen-bond donors (Lipinski definition) is 1. The summed E-state index contributed by atoms with van der Waals surface area (Å²) in [5.41, 5.74) is 0.496. The van der Waals surface area contributed by atoms with Crippen LogP contribution in [-0.4, -0.2) is 63.7 Å². The molecule has 0 fully saturated rings. The number of nitrogens with zero attached hydrogens (tertiary/aromatic N) is 2. The molecule has 0 saturated carbocycles. The van der Waals surface area contributed by atoms with Gasteiger partial charge in [0.1, 0.15) is 24.1 Å². The number of ether oxygens (including phenoxy) is 2. The molecule has 2 rings (SSSR count). The van der Waals surface area contributed by atoms with Crippen molar-refractivity contribution in [3.63, 3.8) is 0 Å². The Balaban J connectivity index is 2.43. The van der Waals surface area contributed by atoms with Crippen molar-refractivity contribution in [3.8, 4) is 11.5 Å². The fourth-order valence-corrected chi connectivity index (χ4v) is 4.27. The second kappa shape index (κ2) is 11.4. The molecule has 0 spiro atoms. The number of carbonyl (C=O) groups is 2. The molecule has 0 aromatic heterocycles. The van der Waals surface area contributed by atoms with Gasteiger partial charge in [0.25, 0.3) is 0 Å². The highest BCUT2D eigenvalue weighted by Crippen LogP contribution is 2.29. The maximum absolute atomic E-state index is 13.6. The number of nitrogens with one attached hydrogen (secondary N) is 1. The van der Waals surface area contributed by atoms with Gasteiger partial charge in [-0.1, -0.05) is 24.3 Å². The van der Waals surface area contributed by atoms with E-state index in [0.717, 1.165) is 16.1 Å². The summed E-state index contributed by atoms with van der Waals surface area (Å²) in [6.07, 6.45) is 1.02. The van der Waals surface area contributed by atoms with Gasteiger partial charge in [-0.25, -0.2) is 8.42 Å². The van der Waals surface area contributed by atoms with E-state index < -0.39 is 34.1 Å². The molecule has 0 bridgehead atoms. The SMILES string of the molecule is COc1ccc(CN(C(=O)CN(c2ccccc2OC)S(C)(=O)=O)[C@@H](C)C(=O)NC(C)(C)C)cc1. The van der Waals surface area contributed by atoms with E-state index in [2.05, 4.69) is 5.32 Å². The summed E-state index contributed by atoms with van der Waals surface area (Å²) in [5.74, 6) is 0.0896. The molecular formula is C25H35N3O6S. The zero-order chi connectivity index (χ0) is 26.4. The summed E-state index contributed by atoms with van der Waals surface area (Å²) in [7, 11) is -0.863. The maximum Gasteiger partial charge on any atom is 0.244 e. The fourth-order valence-electron chi connectivity index (χ4n) is 3.41. The summed E-state index contributed by atoms with van der Waals surface area (Å²) in [6.45, 7) is 6.77. The molecule has 35 heavy (non-hydrogen) atoms. The van der Waals surface area contributed by atoms with Gasteiger partial charge in [-0.3, -0.25) is 13.9 Å². The number of rotatable bonds is 10. The highest BCUT2D eigenvalue weighted by Gasteiger charge is 2.32. The molecule has 10 heteroatoms. The number of para-hydroxylation sites is 2. The Hall–Kier alpha value is -3.27. The first-order valence-corrected chi connectivity index (χ1v) is 13.0. The van der Waals surface area contributed by atoms with Crippen molar-refractivity contribution in [1.82, 2.24) is 10.2 Å². The molecule has 2 amide bonds. The van der Waals surface area contributed by atoms with Crippen LogP contribution in [0.5, 0.6) is 11.5 Å². The van der Waals surface area contributed by atoms with Crippen molar-refractivity contribution in [2.24, 2.45) is 0 Å². The minimum atomic E-state index is -3.85. The van der Waals surface area contributed by atoms with Crippen LogP contribution >= 0.6 is 0 Å². The van der Waals surface area contributed by atoms with Gasteiger partial charge in [0.15, 0.2) is 0 Å². The van der Waals surface area contributed by atoms with Gasteiger partial charge in [0.05, 0.1) is 26.2 Å². The van der Waals surface area contributed by atoms with E-state index in [9.17, 15) is 18.0 Å². The normalized spacial score (nSPS) is 12.4. The molecule has 0 heterocycles. The van der Waals surface area contributed by atoms with Crippen molar-refractivity contribution < 1.29 is 27.5 Å². The van der Waals surface area contributed by atoms with Gasteiger partial charge in [-0.05, 0) is 57.5 Å². The highest BCUT2D eigenvalue weighted by molar-refractivity contribution is 7.92. The van der Waals surface area contributed by atoms with Gasteiger partial charge in [-0.2, -0.15) is 0 Å². The summed E-state index contributed by atoms with van der Waals surface area (Å²) in [6, 6.07) is 12.8. The van der Waals surface area contributed by atoms with Gasteiger partial charge in [-0.15, -0.1) is 0 Å². The number of carbonyl (C=O) groups excluding carboxylic acids is 2. The fraction of sp³-hybridized carbons (Fsp3) is 0.440. The first-order valence-electron chi connectivity index (χ1n) is 11.1. The lowest BCUT2D eigenvalue weighted by Crippen LogP contribution is -2.54. The lowest BCUT2D eigenvalue weighted by molar-refractivity contribution is -0.140. The minimum absolute atomic E-state index is 0.102. The van der Waals surface area contributed by atoms with Crippen LogP contribution in [0.3, 0.4) is 0 Å². The number of benzene rings is 2. The van der Waals surface area contributed by atoms with Crippen molar-refractivity contribution in [3.05, 3.63) is 54.1 Å². The van der Waals surface area contributed by atoms with Crippen LogP contribution in [0.1, 0.15) is 33.3 Å². The Morgan fingerprint density at radius 1 is 1.00 bits per heavy atom. The molecule has 2 aromatic rings. The molecule has 192 valence electrons. The van der Waals surface area contributed by atoms with Gasteiger partial charge < -0.3 is 19.7 Å². The lowest BCUT2D eigenvalue weighted by atomic mass is 10.1. The minimum Gasteiger partial charge on any atom is -0.497 e. The predicted octanol–water partition coefficient (Wildman–Crippen LogP) is 2.80. The zero-order valence-electron chi connectivity index (χ0n) is 21.4. The molecule has 1 atom stereocenters. The zero-order valence-corrected chi connectivity index (χ0v) is 22.2. The van der Waals surface area contributed by atoms with Gasteiger partial charge in [0.2, 0.25) is 21.8 Å². The van der Waals surface area contributed by atoms with Crippen molar-refractivity contribution >= 4 is 27.5 Å². The molecule has 0 aliphatic carbocycles. The molecule has 1 N–H and O–H groups in total. The second-order valence-corrected chi connectivity index (χ2v) is 11.1. The van der Waals surface area contributed by atoms with Crippen molar-refractivity contribution in [1.29, 1.82) is 0 Å². The summed E-state index contributed by atoms with van der Waals surface area (Å²) < 4.78 is 36.9. The van der Waals surface area contributed by atoms with E-state index in [1.807, 2.05) is 20.8 Å². The molecule has 0 radical (unpaired) electrons. The van der Waals surface area contributed by atoms with Crippen LogP contribution in [0.4, 0.5) is 5.69 Å². The van der Waals surface area contributed by atoms with Crippen LogP contribution in [0.15, 0.2) is 48.5 Å². The standard InChI is InChI=1S/C25H35N3O6S/c1-18(24(30)26-25(2,3)4)27(16-19-12-14-20(33-5)15-13-19)23(29)17-28(35(7,31)32)21-10-8-9-11-22(21)34-6/h8-15,18H,16-17H2,1-7H3,(H,26,30)/t18-/m0/s1. The van der Waals surface area contributed by atoms with Crippen LogP contribution in [-0.2, 0) is 26.2 Å². The number of sulfonamides is 1. The topological polar surface area (TPSA) is 105 Å². The molecule has 0 aliphatic heterocycles. The second-order valence-electron chi connectivity index (χ2n) is 9.23. The quantitative estimate of drug-likeness (QED) is 0.532. The maximum atomic E-state index is 13.6. The molecule has 0 unspecified atom stereocenters. The number of amides is 2. The first kappa shape index (κ1) is 28.0. The first-order chi connectivity index (χ1) is 16.3. The molecule has 0 saturated heterocycles. The van der Waals surface area contributed by atoms with E-state index in [4.69, 9.17) is 9.47 Å². The monoisotopic (exact) mass is 505 g/mol. The van der Waals surface area contributed by atoms with Crippen LogP contribution in [0, 0.1) is 0 Å². The van der Waals surface area contributed by atoms with Crippen molar-refractivity contribution in [2.75, 3.05) is 31.3 Å². The molecular weight excluding hydrogens is 470 g/mol. The van der Waals surface area contributed by atoms with Crippen LogP contribution in [0.2, 0.25) is 0 Å². The Bertz CT molecular complexity index is 1130. The van der Waals surface area contributed by atoms with E-state index >= 15 is 0 Å². The molecule has 2 aromatic carbocycles. The average Bonchev–Trinajstić information content (AvgIpc) is 2.79. The smallest absolute Gasteiger partial charge is 0.244 e. The van der Waals surface area contributed by atoms with Crippen LogP contribution in [0.25, 0.3) is 0 Å². The lowest BCUT2D eigenvalue weighted by Gasteiger charge is -2.33. The average molecular weight is 506 g/mol. The molecule has 0 aliphatic rings. The Morgan fingerprint density at radius 3 is 2.11 bits per heavy atom. The van der Waals surface area contributed by atoms with E-state index in [-0.39, 0.29) is 18.1 Å². The van der Waals surface area contributed by atoms with Crippen LogP contribution < -0.4 is 19.1 Å². The number of methoxy groups -OCH3 is 2. The van der Waals surface area contributed by atoms with Gasteiger partial charge in [0, 0.05) is 12.1 Å². The third-order valence-corrected chi connectivity index (χ3v) is 6.34. The number of anilines is 1. The number of hydrogen-bond acceptors (Lipinski definition) is 6. The Labute approximate surface area is 208 Å². The highest BCUT2D eigenvalue weighted by atomic mass is 32.2. The molecule has 9 nitrogen and oxygen atoms in total. The van der Waals surface area contributed by atoms with E-state index in [1.54, 1.807) is 62.6 Å². The summed E-state index contributed by atoms with van der Waals surface area (Å²) >= 11 is 0. The van der Waals surface area contributed by atoms with E-state index in [1.165, 1.54) is 12.0 Å². The summed E-state index contributed by atoms with van der Waals surface area (Å²) in [4.78, 5) is 27.9. The predicted molar refractivity (Wildman–Crippen MR) is 136 cm³/mol.